The van der Waals surface area contributed by atoms with E-state index in [0.29, 0.717) is 5.69 Å². The van der Waals surface area contributed by atoms with E-state index in [1.165, 1.54) is 28.9 Å². The summed E-state index contributed by atoms with van der Waals surface area (Å²) in [7, 11) is 2.77. The maximum absolute atomic E-state index is 15.2. The Morgan fingerprint density at radius 1 is 0.734 bits per heavy atom. The molecule has 0 spiro atoms. The lowest BCUT2D eigenvalue weighted by atomic mass is 9.77. The van der Waals surface area contributed by atoms with E-state index in [9.17, 15) is 38.7 Å². The van der Waals surface area contributed by atoms with Crippen LogP contribution in [0, 0.1) is 0 Å². The van der Waals surface area contributed by atoms with Crippen molar-refractivity contribution >= 4 is 47.4 Å². The molecule has 4 aromatic rings. The standard InChI is InChI=1S/C57H75N9O13/c1-55(2,3)78-37-43(58)52(73)63(36-51(76-7)77-8)34-48(69)65-28-26-61(33-47(68)66-29-27-62(35-49(70)71)54(75)45(66)31-46(67)59-25-24-50(72)79-56(4,5)6)53(74)44(65)30-42-32-64(38-60-42)57(39-18-12-9-13-19-39,40-20-14-10-15-21-40)41-22-16-11-17-23-41/h9-23,32,38,43-45,51H,24-31,33-37,58H2,1-8H3,(H,59,67)(H,70,71)/t43-,44-,45-/m0/s1. The topological polar surface area (TPSA) is 266 Å². The summed E-state index contributed by atoms with van der Waals surface area (Å²) in [6.07, 6.45) is 1.65. The highest BCUT2D eigenvalue weighted by Gasteiger charge is 2.45. The van der Waals surface area contributed by atoms with Crippen molar-refractivity contribution in [3.8, 4) is 0 Å². The molecule has 79 heavy (non-hydrogen) atoms. The van der Waals surface area contributed by atoms with Gasteiger partial charge in [0.05, 0.1) is 56.7 Å². The number of imidazole rings is 1. The van der Waals surface area contributed by atoms with E-state index in [2.05, 4.69) is 5.32 Å². The molecular formula is C57H75N9O13. The van der Waals surface area contributed by atoms with Crippen LogP contribution in [0.1, 0.15) is 76.8 Å². The minimum Gasteiger partial charge on any atom is -0.480 e. The number of piperazine rings is 2. The Hall–Kier alpha value is -7.53. The lowest BCUT2D eigenvalue weighted by Gasteiger charge is -2.43. The Balaban J connectivity index is 1.34. The normalized spacial score (nSPS) is 16.7. The van der Waals surface area contributed by atoms with Gasteiger partial charge in [-0.1, -0.05) is 91.0 Å². The zero-order valence-corrected chi connectivity index (χ0v) is 46.4. The number of nitrogens with two attached hydrogens (primary N) is 1. The number of carboxylic acids is 1. The van der Waals surface area contributed by atoms with Gasteiger partial charge in [0.1, 0.15) is 35.8 Å². The third kappa shape index (κ3) is 15.8. The van der Waals surface area contributed by atoms with E-state index >= 15 is 4.79 Å². The lowest BCUT2D eigenvalue weighted by molar-refractivity contribution is -0.161. The summed E-state index contributed by atoms with van der Waals surface area (Å²) in [5, 5.41) is 12.2. The second kappa shape index (κ2) is 26.9. The number of carbonyl (C=O) groups is 8. The highest BCUT2D eigenvalue weighted by molar-refractivity contribution is 5.97. The van der Waals surface area contributed by atoms with Gasteiger partial charge in [0.15, 0.2) is 6.29 Å². The van der Waals surface area contributed by atoms with Crippen molar-refractivity contribution in [3.05, 3.63) is 126 Å². The van der Waals surface area contributed by atoms with Gasteiger partial charge in [0.2, 0.25) is 35.4 Å². The Morgan fingerprint density at radius 3 is 1.76 bits per heavy atom. The molecule has 22 heteroatoms. The number of nitrogens with one attached hydrogen (secondary N) is 1. The minimum absolute atomic E-state index is 0.112. The first kappa shape index (κ1) is 60.7. The van der Waals surface area contributed by atoms with Crippen molar-refractivity contribution in [3.63, 3.8) is 0 Å². The van der Waals surface area contributed by atoms with Gasteiger partial charge >= 0.3 is 11.9 Å². The van der Waals surface area contributed by atoms with Crippen LogP contribution < -0.4 is 11.1 Å². The quantitative estimate of drug-likeness (QED) is 0.0516. The van der Waals surface area contributed by atoms with Crippen LogP contribution in [-0.4, -0.2) is 202 Å². The Labute approximate surface area is 461 Å². The fraction of sp³-hybridized carbons (Fsp3) is 0.491. The van der Waals surface area contributed by atoms with Crippen molar-refractivity contribution in [2.45, 2.75) is 102 Å². The van der Waals surface area contributed by atoms with Crippen LogP contribution in [0.2, 0.25) is 0 Å². The first-order valence-corrected chi connectivity index (χ1v) is 26.3. The number of methoxy groups -OCH3 is 2. The van der Waals surface area contributed by atoms with E-state index in [4.69, 9.17) is 29.7 Å². The Morgan fingerprint density at radius 2 is 1.25 bits per heavy atom. The van der Waals surface area contributed by atoms with Gasteiger partial charge in [-0.05, 0) is 58.2 Å². The van der Waals surface area contributed by atoms with Gasteiger partial charge in [-0.2, -0.15) is 0 Å². The molecule has 3 heterocycles. The summed E-state index contributed by atoms with van der Waals surface area (Å²) in [6.45, 7) is 7.64. The maximum atomic E-state index is 15.2. The second-order valence-electron chi connectivity index (χ2n) is 21.4. The number of hydrogen-bond acceptors (Lipinski definition) is 14. The fourth-order valence-corrected chi connectivity index (χ4v) is 9.74. The van der Waals surface area contributed by atoms with Crippen LogP contribution in [0.3, 0.4) is 0 Å². The molecule has 0 aliphatic carbocycles. The van der Waals surface area contributed by atoms with E-state index < -0.39 is 115 Å². The molecule has 2 saturated heterocycles. The molecule has 2 aliphatic heterocycles. The third-order valence-electron chi connectivity index (χ3n) is 13.5. The molecule has 2 aliphatic rings. The molecule has 6 rings (SSSR count). The molecule has 0 saturated carbocycles. The Bertz CT molecular complexity index is 2650. The predicted molar refractivity (Wildman–Crippen MR) is 288 cm³/mol. The zero-order valence-electron chi connectivity index (χ0n) is 46.4. The number of aromatic nitrogens is 2. The SMILES string of the molecule is COC(CN(CC(=O)N1CCN(CC(=O)N2CCN(CC(=O)O)C(=O)[C@@H]2CC(=O)NCCC(=O)OC(C)(C)C)C(=O)[C@@H]1Cc1cn(C(c2ccccc2)(c2ccccc2)c2ccccc2)cn1)C(=O)[C@@H](N)COC(C)(C)C)OC. The monoisotopic (exact) mass is 1090 g/mol. The molecule has 6 amide bonds. The average Bonchev–Trinajstić information content (AvgIpc) is 4.16. The van der Waals surface area contributed by atoms with E-state index in [0.717, 1.165) is 26.5 Å². The number of ether oxygens (including phenoxy) is 4. The molecule has 3 aromatic carbocycles. The summed E-state index contributed by atoms with van der Waals surface area (Å²) in [4.78, 5) is 121. The van der Waals surface area contributed by atoms with Gasteiger partial charge < -0.3 is 64.2 Å². The lowest BCUT2D eigenvalue weighted by Crippen LogP contribution is -2.65. The van der Waals surface area contributed by atoms with Gasteiger partial charge in [0, 0.05) is 59.6 Å². The molecule has 0 bridgehead atoms. The minimum atomic E-state index is -1.45. The summed E-state index contributed by atoms with van der Waals surface area (Å²) in [5.41, 5.74) is 7.15. The van der Waals surface area contributed by atoms with Crippen LogP contribution in [0.4, 0.5) is 0 Å². The molecule has 0 unspecified atom stereocenters. The molecule has 426 valence electrons. The summed E-state index contributed by atoms with van der Waals surface area (Å²) < 4.78 is 24.0. The van der Waals surface area contributed by atoms with Gasteiger partial charge in [-0.25, -0.2) is 4.98 Å². The van der Waals surface area contributed by atoms with Gasteiger partial charge in [-0.3, -0.25) is 38.4 Å². The molecule has 2 fully saturated rings. The van der Waals surface area contributed by atoms with Crippen LogP contribution >= 0.6 is 0 Å². The van der Waals surface area contributed by atoms with E-state index in [-0.39, 0.29) is 58.7 Å². The number of carboxylic acid groups (broad SMARTS) is 1. The van der Waals surface area contributed by atoms with Gasteiger partial charge in [-0.15, -0.1) is 0 Å². The molecule has 0 radical (unpaired) electrons. The number of benzene rings is 3. The van der Waals surface area contributed by atoms with Crippen molar-refractivity contribution < 1.29 is 62.4 Å². The van der Waals surface area contributed by atoms with Gasteiger partial charge in [0.25, 0.3) is 0 Å². The maximum Gasteiger partial charge on any atom is 0.323 e. The smallest absolute Gasteiger partial charge is 0.323 e. The number of amides is 6. The molecule has 22 nitrogen and oxygen atoms in total. The average molecular weight is 1090 g/mol. The van der Waals surface area contributed by atoms with Crippen LogP contribution in [-0.2, 0) is 69.3 Å². The first-order valence-electron chi connectivity index (χ1n) is 26.3. The van der Waals surface area contributed by atoms with Crippen molar-refractivity contribution in [1.29, 1.82) is 0 Å². The predicted octanol–water partition coefficient (Wildman–Crippen LogP) is 2.26. The number of carbonyl (C=O) groups excluding carboxylic acids is 7. The number of aliphatic carboxylic acids is 1. The highest BCUT2D eigenvalue weighted by atomic mass is 16.7. The largest absolute Gasteiger partial charge is 0.480 e. The number of nitrogens with zero attached hydrogens (tertiary/aromatic N) is 7. The van der Waals surface area contributed by atoms with Crippen molar-refractivity contribution in [2.75, 3.05) is 79.7 Å². The fourth-order valence-electron chi connectivity index (χ4n) is 9.74. The highest BCUT2D eigenvalue weighted by Crippen LogP contribution is 2.41. The molecular weight excluding hydrogens is 1020 g/mol. The van der Waals surface area contributed by atoms with E-state index in [1.807, 2.05) is 123 Å². The van der Waals surface area contributed by atoms with Crippen LogP contribution in [0.5, 0.6) is 0 Å². The summed E-state index contributed by atoms with van der Waals surface area (Å²) in [6, 6.07) is 25.7. The van der Waals surface area contributed by atoms with Crippen LogP contribution in [0.15, 0.2) is 104 Å². The Kier molecular flexibility index (Phi) is 20.7. The molecule has 1 aromatic heterocycles. The van der Waals surface area contributed by atoms with Crippen LogP contribution in [0.25, 0.3) is 0 Å². The second-order valence-corrected chi connectivity index (χ2v) is 21.4. The summed E-state index contributed by atoms with van der Waals surface area (Å²) >= 11 is 0. The van der Waals surface area contributed by atoms with Crippen molar-refractivity contribution in [1.82, 2.24) is 39.4 Å². The first-order chi connectivity index (χ1) is 37.4. The molecule has 4 N–H and O–H groups in total. The van der Waals surface area contributed by atoms with E-state index in [1.54, 1.807) is 27.1 Å². The number of esters is 1. The zero-order chi connectivity index (χ0) is 57.7. The number of rotatable bonds is 24. The third-order valence-corrected chi connectivity index (χ3v) is 13.5. The number of hydrogen-bond donors (Lipinski definition) is 3. The summed E-state index contributed by atoms with van der Waals surface area (Å²) in [5.74, 6) is -5.95. The van der Waals surface area contributed by atoms with Crippen molar-refractivity contribution in [2.24, 2.45) is 5.73 Å². The molecule has 3 atom stereocenters.